The Kier molecular flexibility index (Phi) is 6.74. The van der Waals surface area contributed by atoms with Gasteiger partial charge in [0, 0.05) is 23.5 Å². The number of rotatable bonds is 6. The van der Waals surface area contributed by atoms with Gasteiger partial charge in [0.25, 0.3) is 5.91 Å². The lowest BCUT2D eigenvalue weighted by molar-refractivity contribution is -0.107. The Labute approximate surface area is 163 Å². The van der Waals surface area contributed by atoms with E-state index in [1.54, 1.807) is 12.1 Å². The average molecular weight is 388 g/mol. The molecular formula is C20H25N3O3S. The molecule has 0 spiro atoms. The van der Waals surface area contributed by atoms with E-state index in [0.29, 0.717) is 16.3 Å². The van der Waals surface area contributed by atoms with E-state index in [2.05, 4.69) is 16.0 Å². The number of thiophene rings is 1. The van der Waals surface area contributed by atoms with E-state index in [0.717, 1.165) is 16.7 Å². The van der Waals surface area contributed by atoms with Crippen LogP contribution >= 0.6 is 11.3 Å². The Balaban J connectivity index is 2.20. The summed E-state index contributed by atoms with van der Waals surface area (Å²) in [6, 6.07) is 8.85. The minimum atomic E-state index is -0.412. The number of nitrogens with one attached hydrogen (secondary N) is 3. The van der Waals surface area contributed by atoms with Gasteiger partial charge in [-0.3, -0.25) is 10.1 Å². The summed E-state index contributed by atoms with van der Waals surface area (Å²) in [5, 5.41) is 8.74. The number of benzene rings is 1. The molecule has 6 nitrogen and oxygen atoms in total. The molecule has 2 rings (SSSR count). The van der Waals surface area contributed by atoms with Crippen molar-refractivity contribution in [2.75, 3.05) is 17.2 Å². The third-order valence-electron chi connectivity index (χ3n) is 3.77. The molecule has 1 heterocycles. The highest BCUT2D eigenvalue weighted by molar-refractivity contribution is 7.16. The molecule has 0 saturated heterocycles. The Morgan fingerprint density at radius 3 is 2.52 bits per heavy atom. The molecule has 27 heavy (non-hydrogen) atoms. The van der Waals surface area contributed by atoms with Crippen LogP contribution in [0.5, 0.6) is 0 Å². The number of amides is 3. The molecule has 0 atom stereocenters. The smallest absolute Gasteiger partial charge is 0.324 e. The summed E-state index contributed by atoms with van der Waals surface area (Å²) >= 11 is 1.37. The molecule has 7 heteroatoms. The Hall–Kier alpha value is -2.67. The van der Waals surface area contributed by atoms with Gasteiger partial charge < -0.3 is 15.4 Å². The van der Waals surface area contributed by atoms with Gasteiger partial charge in [-0.25, -0.2) is 4.79 Å². The van der Waals surface area contributed by atoms with Gasteiger partial charge in [0.05, 0.1) is 5.56 Å². The van der Waals surface area contributed by atoms with Gasteiger partial charge in [-0.1, -0.05) is 32.9 Å². The number of aldehydes is 1. The Bertz CT molecular complexity index is 837. The summed E-state index contributed by atoms with van der Waals surface area (Å²) in [6.45, 7) is 8.34. The standard InChI is InChI=1S/C20H25N3O3S/c1-13-7-5-8-14(11-13)22-19(26)23-18-15(17(25)21-9-6-10-24)12-16(27-18)20(2,3)4/h5,7-8,10-12H,6,9H2,1-4H3,(H,21,25)(H2,22,23,26). The Morgan fingerprint density at radius 2 is 1.89 bits per heavy atom. The second-order valence-corrected chi connectivity index (χ2v) is 8.32. The number of hydrogen-bond acceptors (Lipinski definition) is 4. The van der Waals surface area contributed by atoms with Crippen molar-refractivity contribution in [3.63, 3.8) is 0 Å². The lowest BCUT2D eigenvalue weighted by Gasteiger charge is -2.15. The first-order chi connectivity index (χ1) is 12.7. The monoisotopic (exact) mass is 387 g/mol. The van der Waals surface area contributed by atoms with Crippen molar-refractivity contribution < 1.29 is 14.4 Å². The summed E-state index contributed by atoms with van der Waals surface area (Å²) in [4.78, 5) is 36.3. The molecule has 3 amide bonds. The SMILES string of the molecule is Cc1cccc(NC(=O)Nc2sc(C(C)(C)C)cc2C(=O)NCCC=O)c1. The fraction of sp³-hybridized carbons (Fsp3) is 0.350. The molecule has 0 aliphatic heterocycles. The number of carbonyl (C=O) groups is 3. The molecule has 1 aromatic heterocycles. The maximum absolute atomic E-state index is 12.5. The summed E-state index contributed by atoms with van der Waals surface area (Å²) in [7, 11) is 0. The first-order valence-corrected chi connectivity index (χ1v) is 9.53. The fourth-order valence-electron chi connectivity index (χ4n) is 2.35. The van der Waals surface area contributed by atoms with Crippen molar-refractivity contribution in [1.29, 1.82) is 0 Å². The van der Waals surface area contributed by atoms with E-state index in [4.69, 9.17) is 0 Å². The number of carbonyl (C=O) groups excluding carboxylic acids is 3. The zero-order valence-electron chi connectivity index (χ0n) is 16.0. The average Bonchev–Trinajstić information content (AvgIpc) is 2.99. The quantitative estimate of drug-likeness (QED) is 0.510. The van der Waals surface area contributed by atoms with Crippen LogP contribution in [0.1, 0.15) is 48.0 Å². The number of anilines is 2. The molecule has 0 bridgehead atoms. The van der Waals surface area contributed by atoms with E-state index in [-0.39, 0.29) is 24.3 Å². The van der Waals surface area contributed by atoms with Crippen molar-refractivity contribution in [3.05, 3.63) is 46.3 Å². The van der Waals surface area contributed by atoms with E-state index in [9.17, 15) is 14.4 Å². The molecule has 0 aliphatic carbocycles. The predicted octanol–water partition coefficient (Wildman–Crippen LogP) is 4.32. The van der Waals surface area contributed by atoms with Gasteiger partial charge >= 0.3 is 6.03 Å². The van der Waals surface area contributed by atoms with Gasteiger partial charge in [0.1, 0.15) is 11.3 Å². The highest BCUT2D eigenvalue weighted by atomic mass is 32.1. The summed E-state index contributed by atoms with van der Waals surface area (Å²) < 4.78 is 0. The maximum atomic E-state index is 12.5. The highest BCUT2D eigenvalue weighted by Gasteiger charge is 2.23. The third-order valence-corrected chi connectivity index (χ3v) is 5.24. The van der Waals surface area contributed by atoms with Gasteiger partial charge in [0.15, 0.2) is 0 Å². The minimum Gasteiger partial charge on any atom is -0.352 e. The summed E-state index contributed by atoms with van der Waals surface area (Å²) in [5.41, 5.74) is 1.96. The van der Waals surface area contributed by atoms with Crippen molar-refractivity contribution >= 4 is 40.2 Å². The van der Waals surface area contributed by atoms with Crippen LogP contribution in [0.4, 0.5) is 15.5 Å². The van der Waals surface area contributed by atoms with E-state index >= 15 is 0 Å². The van der Waals surface area contributed by atoms with Gasteiger partial charge in [0.2, 0.25) is 0 Å². The van der Waals surface area contributed by atoms with Crippen molar-refractivity contribution in [1.82, 2.24) is 5.32 Å². The minimum absolute atomic E-state index is 0.157. The van der Waals surface area contributed by atoms with E-state index in [1.165, 1.54) is 11.3 Å². The van der Waals surface area contributed by atoms with Gasteiger partial charge in [-0.05, 0) is 36.1 Å². The second kappa shape index (κ2) is 8.81. The normalized spacial score (nSPS) is 11.0. The molecule has 2 aromatic rings. The molecule has 3 N–H and O–H groups in total. The number of urea groups is 1. The zero-order chi connectivity index (χ0) is 20.0. The molecule has 0 fully saturated rings. The lowest BCUT2D eigenvalue weighted by Crippen LogP contribution is -2.26. The van der Waals surface area contributed by atoms with Gasteiger partial charge in [-0.15, -0.1) is 11.3 Å². The van der Waals surface area contributed by atoms with E-state index in [1.807, 2.05) is 45.9 Å². The first-order valence-electron chi connectivity index (χ1n) is 8.71. The predicted molar refractivity (Wildman–Crippen MR) is 110 cm³/mol. The van der Waals surface area contributed by atoms with E-state index < -0.39 is 6.03 Å². The van der Waals surface area contributed by atoms with Crippen molar-refractivity contribution in [3.8, 4) is 0 Å². The van der Waals surface area contributed by atoms with Crippen LogP contribution in [0, 0.1) is 6.92 Å². The van der Waals surface area contributed by atoms with Crippen LogP contribution in [-0.2, 0) is 10.2 Å². The fourth-order valence-corrected chi connectivity index (χ4v) is 3.46. The molecular weight excluding hydrogens is 362 g/mol. The van der Waals surface area contributed by atoms with Crippen molar-refractivity contribution in [2.24, 2.45) is 0 Å². The molecule has 0 radical (unpaired) electrons. The highest BCUT2D eigenvalue weighted by Crippen LogP contribution is 2.36. The molecule has 144 valence electrons. The molecule has 0 aliphatic rings. The van der Waals surface area contributed by atoms with Crippen LogP contribution in [-0.4, -0.2) is 24.8 Å². The third kappa shape index (κ3) is 5.92. The Morgan fingerprint density at radius 1 is 1.15 bits per heavy atom. The lowest BCUT2D eigenvalue weighted by atomic mass is 9.94. The van der Waals surface area contributed by atoms with Crippen LogP contribution in [0.15, 0.2) is 30.3 Å². The number of aryl methyl sites for hydroxylation is 1. The largest absolute Gasteiger partial charge is 0.352 e. The zero-order valence-corrected chi connectivity index (χ0v) is 16.8. The molecule has 0 unspecified atom stereocenters. The van der Waals surface area contributed by atoms with Gasteiger partial charge in [-0.2, -0.15) is 0 Å². The van der Waals surface area contributed by atoms with Crippen LogP contribution < -0.4 is 16.0 Å². The van der Waals surface area contributed by atoms with Crippen LogP contribution in [0.25, 0.3) is 0 Å². The topological polar surface area (TPSA) is 87.3 Å². The molecule has 1 aromatic carbocycles. The van der Waals surface area contributed by atoms with Crippen LogP contribution in [0.2, 0.25) is 0 Å². The molecule has 0 saturated carbocycles. The summed E-state index contributed by atoms with van der Waals surface area (Å²) in [6.07, 6.45) is 1.00. The first kappa shape index (κ1) is 20.6. The summed E-state index contributed by atoms with van der Waals surface area (Å²) in [5.74, 6) is -0.311. The van der Waals surface area contributed by atoms with Crippen LogP contribution in [0.3, 0.4) is 0 Å². The second-order valence-electron chi connectivity index (χ2n) is 7.26. The maximum Gasteiger partial charge on any atom is 0.324 e. The van der Waals surface area contributed by atoms with Crippen molar-refractivity contribution in [2.45, 2.75) is 39.5 Å². The number of hydrogen-bond donors (Lipinski definition) is 3.